The van der Waals surface area contributed by atoms with Gasteiger partial charge in [-0.15, -0.1) is 4.91 Å². The average Bonchev–Trinajstić information content (AvgIpc) is 2.49. The Hall–Kier alpha value is -1.30. The molecule has 0 spiro atoms. The van der Waals surface area contributed by atoms with Crippen molar-refractivity contribution in [1.82, 2.24) is 15.0 Å². The minimum Gasteiger partial charge on any atom is -0.356 e. The average molecular weight is 227 g/mol. The molecule has 12 heavy (non-hydrogen) atoms. The first kappa shape index (κ1) is 7.35. The number of aromatic amines is 1. The number of rotatable bonds is 1. The molecule has 2 aromatic rings. The Bertz CT molecular complexity index is 438. The van der Waals surface area contributed by atoms with E-state index >= 15 is 0 Å². The third-order valence-electron chi connectivity index (χ3n) is 1.50. The van der Waals surface area contributed by atoms with Gasteiger partial charge in [0.25, 0.3) is 0 Å². The van der Waals surface area contributed by atoms with Crippen LogP contribution in [-0.2, 0) is 0 Å². The summed E-state index contributed by atoms with van der Waals surface area (Å²) in [6.45, 7) is 0. The number of aromatic nitrogens is 3. The SMILES string of the molecule is O=Nc1c[nH]c2c(Br)ncnc12. The largest absolute Gasteiger partial charge is 0.356 e. The van der Waals surface area contributed by atoms with Crippen LogP contribution in [0.3, 0.4) is 0 Å². The second-order valence-electron chi connectivity index (χ2n) is 2.15. The van der Waals surface area contributed by atoms with Crippen molar-refractivity contribution in [3.63, 3.8) is 0 Å². The van der Waals surface area contributed by atoms with E-state index in [0.29, 0.717) is 21.3 Å². The van der Waals surface area contributed by atoms with Crippen LogP contribution in [0.2, 0.25) is 0 Å². The standard InChI is InChI=1S/C6H3BrN4O/c7-6-5-4(9-2-10-6)3(11-12)1-8-5/h1-2,8H. The van der Waals surface area contributed by atoms with Crippen molar-refractivity contribution in [1.29, 1.82) is 0 Å². The summed E-state index contributed by atoms with van der Waals surface area (Å²) < 4.78 is 0.627. The van der Waals surface area contributed by atoms with E-state index in [1.54, 1.807) is 0 Å². The van der Waals surface area contributed by atoms with Crippen LogP contribution in [0.1, 0.15) is 0 Å². The Morgan fingerprint density at radius 1 is 1.50 bits per heavy atom. The lowest BCUT2D eigenvalue weighted by molar-refractivity contribution is 1.19. The summed E-state index contributed by atoms with van der Waals surface area (Å²) in [5.41, 5.74) is 1.52. The predicted molar refractivity (Wildman–Crippen MR) is 47.0 cm³/mol. The first-order valence-electron chi connectivity index (χ1n) is 3.14. The molecule has 0 aliphatic rings. The van der Waals surface area contributed by atoms with Crippen LogP contribution in [0.15, 0.2) is 22.3 Å². The molecule has 0 bridgehead atoms. The molecule has 0 aromatic carbocycles. The maximum absolute atomic E-state index is 10.2. The number of hydrogen-bond acceptors (Lipinski definition) is 4. The molecular weight excluding hydrogens is 224 g/mol. The van der Waals surface area contributed by atoms with E-state index in [-0.39, 0.29) is 0 Å². The molecule has 1 N–H and O–H groups in total. The number of fused-ring (bicyclic) bond motifs is 1. The van der Waals surface area contributed by atoms with Gasteiger partial charge in [0.05, 0.1) is 0 Å². The third-order valence-corrected chi connectivity index (χ3v) is 2.10. The summed E-state index contributed by atoms with van der Waals surface area (Å²) in [5, 5.41) is 2.81. The highest BCUT2D eigenvalue weighted by Gasteiger charge is 2.07. The molecule has 0 aliphatic heterocycles. The Kier molecular flexibility index (Phi) is 1.61. The monoisotopic (exact) mass is 226 g/mol. The summed E-state index contributed by atoms with van der Waals surface area (Å²) in [5.74, 6) is 0. The van der Waals surface area contributed by atoms with E-state index in [2.05, 4.69) is 36.1 Å². The molecular formula is C6H3BrN4O. The zero-order chi connectivity index (χ0) is 8.55. The molecule has 0 radical (unpaired) electrons. The van der Waals surface area contributed by atoms with Crippen molar-refractivity contribution in [2.24, 2.45) is 5.18 Å². The van der Waals surface area contributed by atoms with Crippen LogP contribution in [0.4, 0.5) is 5.69 Å². The van der Waals surface area contributed by atoms with Gasteiger partial charge in [-0.05, 0) is 21.1 Å². The lowest BCUT2D eigenvalue weighted by Gasteiger charge is -1.89. The second kappa shape index (κ2) is 2.63. The highest BCUT2D eigenvalue weighted by Crippen LogP contribution is 2.26. The molecule has 2 aromatic heterocycles. The molecule has 2 rings (SSSR count). The number of nitrogens with zero attached hydrogens (tertiary/aromatic N) is 3. The summed E-state index contributed by atoms with van der Waals surface area (Å²) >= 11 is 3.21. The summed E-state index contributed by atoms with van der Waals surface area (Å²) in [6.07, 6.45) is 2.87. The summed E-state index contributed by atoms with van der Waals surface area (Å²) in [6, 6.07) is 0. The van der Waals surface area contributed by atoms with Gasteiger partial charge in [-0.25, -0.2) is 9.97 Å². The van der Waals surface area contributed by atoms with Crippen molar-refractivity contribution in [3.8, 4) is 0 Å². The fourth-order valence-corrected chi connectivity index (χ4v) is 1.36. The van der Waals surface area contributed by atoms with Crippen molar-refractivity contribution in [2.75, 3.05) is 0 Å². The fourth-order valence-electron chi connectivity index (χ4n) is 0.965. The minimum atomic E-state index is 0.299. The summed E-state index contributed by atoms with van der Waals surface area (Å²) in [7, 11) is 0. The molecule has 0 saturated heterocycles. The topological polar surface area (TPSA) is 71.0 Å². The molecule has 0 fully saturated rings. The lowest BCUT2D eigenvalue weighted by atomic mass is 10.4. The van der Waals surface area contributed by atoms with Crippen molar-refractivity contribution in [3.05, 3.63) is 22.0 Å². The highest BCUT2D eigenvalue weighted by atomic mass is 79.9. The highest BCUT2D eigenvalue weighted by molar-refractivity contribution is 9.10. The number of nitrogens with one attached hydrogen (secondary N) is 1. The molecule has 0 atom stereocenters. The zero-order valence-electron chi connectivity index (χ0n) is 5.78. The van der Waals surface area contributed by atoms with Gasteiger partial charge < -0.3 is 4.98 Å². The first-order valence-corrected chi connectivity index (χ1v) is 3.93. The van der Waals surface area contributed by atoms with E-state index in [0.717, 1.165) is 0 Å². The molecule has 5 nitrogen and oxygen atoms in total. The molecule has 0 aliphatic carbocycles. The van der Waals surface area contributed by atoms with Gasteiger partial charge in [0.15, 0.2) is 5.69 Å². The van der Waals surface area contributed by atoms with E-state index < -0.39 is 0 Å². The van der Waals surface area contributed by atoms with Crippen molar-refractivity contribution in [2.45, 2.75) is 0 Å². The molecule has 6 heteroatoms. The number of H-pyrrole nitrogens is 1. The molecule has 0 unspecified atom stereocenters. The maximum Gasteiger partial charge on any atom is 0.151 e. The van der Waals surface area contributed by atoms with Crippen LogP contribution in [0, 0.1) is 4.91 Å². The third kappa shape index (κ3) is 0.918. The Labute approximate surface area is 75.3 Å². The number of nitroso groups, excluding NO2 is 1. The van der Waals surface area contributed by atoms with E-state index in [1.165, 1.54) is 12.5 Å². The van der Waals surface area contributed by atoms with Crippen LogP contribution < -0.4 is 0 Å². The van der Waals surface area contributed by atoms with Gasteiger partial charge in [0.2, 0.25) is 0 Å². The normalized spacial score (nSPS) is 10.4. The van der Waals surface area contributed by atoms with Crippen LogP contribution in [0.5, 0.6) is 0 Å². The van der Waals surface area contributed by atoms with Crippen molar-refractivity contribution >= 4 is 32.7 Å². The van der Waals surface area contributed by atoms with Gasteiger partial charge in [0, 0.05) is 6.20 Å². The van der Waals surface area contributed by atoms with Gasteiger partial charge in [-0.3, -0.25) is 0 Å². The Morgan fingerprint density at radius 3 is 3.08 bits per heavy atom. The van der Waals surface area contributed by atoms with Gasteiger partial charge in [0.1, 0.15) is 22.0 Å². The van der Waals surface area contributed by atoms with Gasteiger partial charge in [-0.1, -0.05) is 0 Å². The van der Waals surface area contributed by atoms with Gasteiger partial charge in [-0.2, -0.15) is 0 Å². The van der Waals surface area contributed by atoms with E-state index in [9.17, 15) is 4.91 Å². The Morgan fingerprint density at radius 2 is 2.33 bits per heavy atom. The molecule has 0 saturated carbocycles. The summed E-state index contributed by atoms with van der Waals surface area (Å²) in [4.78, 5) is 20.9. The van der Waals surface area contributed by atoms with Gasteiger partial charge >= 0.3 is 0 Å². The quantitative estimate of drug-likeness (QED) is 0.599. The minimum absolute atomic E-state index is 0.299. The molecule has 0 amide bonds. The van der Waals surface area contributed by atoms with Crippen LogP contribution in [-0.4, -0.2) is 15.0 Å². The van der Waals surface area contributed by atoms with Crippen LogP contribution >= 0.6 is 15.9 Å². The Balaban J connectivity index is 2.88. The first-order chi connectivity index (χ1) is 5.83. The second-order valence-corrected chi connectivity index (χ2v) is 2.90. The van der Waals surface area contributed by atoms with Crippen LogP contribution in [0.25, 0.3) is 11.0 Å². The number of hydrogen-bond donors (Lipinski definition) is 1. The van der Waals surface area contributed by atoms with E-state index in [4.69, 9.17) is 0 Å². The maximum atomic E-state index is 10.2. The smallest absolute Gasteiger partial charge is 0.151 e. The zero-order valence-corrected chi connectivity index (χ0v) is 7.37. The predicted octanol–water partition coefficient (Wildman–Crippen LogP) is 2.12. The lowest BCUT2D eigenvalue weighted by Crippen LogP contribution is -1.80. The molecule has 2 heterocycles. The van der Waals surface area contributed by atoms with Crippen molar-refractivity contribution < 1.29 is 0 Å². The fraction of sp³-hybridized carbons (Fsp3) is 0. The molecule has 60 valence electrons. The number of halogens is 1. The van der Waals surface area contributed by atoms with E-state index in [1.807, 2.05) is 0 Å².